The van der Waals surface area contributed by atoms with Crippen molar-refractivity contribution in [1.82, 2.24) is 4.90 Å². The van der Waals surface area contributed by atoms with Gasteiger partial charge in [-0.05, 0) is 37.1 Å². The van der Waals surface area contributed by atoms with Crippen LogP contribution in [-0.2, 0) is 6.54 Å². The predicted molar refractivity (Wildman–Crippen MR) is 69.1 cm³/mol. The maximum absolute atomic E-state index is 11.1. The van der Waals surface area contributed by atoms with Gasteiger partial charge in [0.05, 0.1) is 7.11 Å². The normalized spacial score (nSPS) is 14.8. The number of ether oxygens (including phenoxy) is 1. The highest BCUT2D eigenvalue weighted by atomic mass is 16.5. The van der Waals surface area contributed by atoms with Crippen LogP contribution in [0.2, 0.25) is 0 Å². The van der Waals surface area contributed by atoms with Gasteiger partial charge < -0.3 is 9.84 Å². The largest absolute Gasteiger partial charge is 0.496 e. The van der Waals surface area contributed by atoms with Crippen molar-refractivity contribution in [3.8, 4) is 5.75 Å². The minimum Gasteiger partial charge on any atom is -0.496 e. The minimum absolute atomic E-state index is 0.238. The number of nitrogens with zero attached hydrogens (tertiary/aromatic N) is 1. The van der Waals surface area contributed by atoms with Gasteiger partial charge in [-0.3, -0.25) is 4.90 Å². The Balaban J connectivity index is 2.17. The van der Waals surface area contributed by atoms with Gasteiger partial charge in [0.1, 0.15) is 11.3 Å². The van der Waals surface area contributed by atoms with Gasteiger partial charge in [-0.25, -0.2) is 4.79 Å². The number of carboxylic acid groups (broad SMARTS) is 1. The Kier molecular flexibility index (Phi) is 3.87. The number of rotatable bonds is 6. The van der Waals surface area contributed by atoms with E-state index in [-0.39, 0.29) is 5.56 Å². The Morgan fingerprint density at radius 3 is 2.72 bits per heavy atom. The molecule has 98 valence electrons. The Morgan fingerprint density at radius 1 is 1.50 bits per heavy atom. The van der Waals surface area contributed by atoms with Crippen molar-refractivity contribution in [2.75, 3.05) is 13.7 Å². The summed E-state index contributed by atoms with van der Waals surface area (Å²) >= 11 is 0. The monoisotopic (exact) mass is 249 g/mol. The number of hydrogen-bond acceptors (Lipinski definition) is 3. The SMILES string of the molecule is CCN(Cc1ccc(OC)c(C(=O)O)c1)C1CC1. The Morgan fingerprint density at radius 2 is 2.22 bits per heavy atom. The highest BCUT2D eigenvalue weighted by molar-refractivity contribution is 5.91. The molecule has 0 saturated heterocycles. The zero-order valence-electron chi connectivity index (χ0n) is 10.8. The number of aromatic carboxylic acids is 1. The van der Waals surface area contributed by atoms with E-state index in [0.29, 0.717) is 11.8 Å². The first-order valence-electron chi connectivity index (χ1n) is 6.30. The van der Waals surface area contributed by atoms with E-state index < -0.39 is 5.97 Å². The molecule has 2 rings (SSSR count). The second kappa shape index (κ2) is 5.40. The lowest BCUT2D eigenvalue weighted by atomic mass is 10.1. The summed E-state index contributed by atoms with van der Waals surface area (Å²) in [5, 5.41) is 9.14. The first-order chi connectivity index (χ1) is 8.65. The van der Waals surface area contributed by atoms with E-state index >= 15 is 0 Å². The van der Waals surface area contributed by atoms with Gasteiger partial charge in [-0.15, -0.1) is 0 Å². The van der Waals surface area contributed by atoms with Crippen molar-refractivity contribution < 1.29 is 14.6 Å². The number of methoxy groups -OCH3 is 1. The van der Waals surface area contributed by atoms with Crippen LogP contribution in [0, 0.1) is 0 Å². The van der Waals surface area contributed by atoms with Crippen molar-refractivity contribution in [2.24, 2.45) is 0 Å². The van der Waals surface area contributed by atoms with Crippen LogP contribution in [0.4, 0.5) is 0 Å². The van der Waals surface area contributed by atoms with Gasteiger partial charge in [0.15, 0.2) is 0 Å². The quantitative estimate of drug-likeness (QED) is 0.841. The first-order valence-corrected chi connectivity index (χ1v) is 6.30. The fourth-order valence-electron chi connectivity index (χ4n) is 2.19. The smallest absolute Gasteiger partial charge is 0.339 e. The molecule has 0 unspecified atom stereocenters. The van der Waals surface area contributed by atoms with E-state index in [9.17, 15) is 4.79 Å². The number of hydrogen-bond donors (Lipinski definition) is 1. The average molecular weight is 249 g/mol. The molecule has 0 heterocycles. The summed E-state index contributed by atoms with van der Waals surface area (Å²) in [6.07, 6.45) is 2.52. The lowest BCUT2D eigenvalue weighted by Gasteiger charge is -2.20. The maximum atomic E-state index is 11.1. The molecule has 1 aliphatic carbocycles. The van der Waals surface area contributed by atoms with E-state index in [0.717, 1.165) is 18.7 Å². The van der Waals surface area contributed by atoms with Crippen LogP contribution < -0.4 is 4.74 Å². The standard InChI is InChI=1S/C14H19NO3/c1-3-15(11-5-6-11)9-10-4-7-13(18-2)12(8-10)14(16)17/h4,7-8,11H,3,5-6,9H2,1-2H3,(H,16,17). The van der Waals surface area contributed by atoms with Crippen LogP contribution >= 0.6 is 0 Å². The highest BCUT2D eigenvalue weighted by Gasteiger charge is 2.27. The third-order valence-electron chi connectivity index (χ3n) is 3.35. The van der Waals surface area contributed by atoms with Crippen molar-refractivity contribution >= 4 is 5.97 Å². The van der Waals surface area contributed by atoms with E-state index in [4.69, 9.17) is 9.84 Å². The first kappa shape index (κ1) is 12.9. The third-order valence-corrected chi connectivity index (χ3v) is 3.35. The number of benzene rings is 1. The Hall–Kier alpha value is -1.55. The molecule has 4 nitrogen and oxygen atoms in total. The lowest BCUT2D eigenvalue weighted by Crippen LogP contribution is -2.25. The molecule has 18 heavy (non-hydrogen) atoms. The molecule has 1 aromatic rings. The molecule has 0 bridgehead atoms. The molecule has 0 aliphatic heterocycles. The number of carboxylic acids is 1. The minimum atomic E-state index is -0.942. The van der Waals surface area contributed by atoms with E-state index in [1.54, 1.807) is 12.1 Å². The molecule has 0 amide bonds. The molecular formula is C14H19NO3. The second-order valence-electron chi connectivity index (χ2n) is 4.63. The molecule has 0 aromatic heterocycles. The van der Waals surface area contributed by atoms with E-state index in [2.05, 4.69) is 11.8 Å². The topological polar surface area (TPSA) is 49.8 Å². The van der Waals surface area contributed by atoms with Gasteiger partial charge in [-0.2, -0.15) is 0 Å². The maximum Gasteiger partial charge on any atom is 0.339 e. The summed E-state index contributed by atoms with van der Waals surface area (Å²) < 4.78 is 5.06. The van der Waals surface area contributed by atoms with Crippen molar-refractivity contribution in [1.29, 1.82) is 0 Å². The summed E-state index contributed by atoms with van der Waals surface area (Å²) in [5.74, 6) is -0.524. The summed E-state index contributed by atoms with van der Waals surface area (Å²) in [6.45, 7) is 3.95. The molecule has 1 aromatic carbocycles. The van der Waals surface area contributed by atoms with Crippen molar-refractivity contribution in [3.63, 3.8) is 0 Å². The summed E-state index contributed by atoms with van der Waals surface area (Å²) in [5.41, 5.74) is 1.27. The summed E-state index contributed by atoms with van der Waals surface area (Å²) in [4.78, 5) is 13.5. The van der Waals surface area contributed by atoms with Crippen LogP contribution in [0.25, 0.3) is 0 Å². The molecule has 0 spiro atoms. The van der Waals surface area contributed by atoms with Crippen LogP contribution in [-0.4, -0.2) is 35.7 Å². The fraction of sp³-hybridized carbons (Fsp3) is 0.500. The molecule has 4 heteroatoms. The van der Waals surface area contributed by atoms with E-state index in [1.165, 1.54) is 20.0 Å². The summed E-state index contributed by atoms with van der Waals surface area (Å²) in [7, 11) is 1.49. The molecule has 1 aliphatic rings. The van der Waals surface area contributed by atoms with Gasteiger partial charge >= 0.3 is 5.97 Å². The lowest BCUT2D eigenvalue weighted by molar-refractivity contribution is 0.0693. The second-order valence-corrected chi connectivity index (χ2v) is 4.63. The molecule has 0 atom stereocenters. The van der Waals surface area contributed by atoms with Crippen molar-refractivity contribution in [3.05, 3.63) is 29.3 Å². The zero-order chi connectivity index (χ0) is 13.1. The van der Waals surface area contributed by atoms with Crippen LogP contribution in [0.1, 0.15) is 35.7 Å². The molecule has 1 saturated carbocycles. The Labute approximate surface area is 107 Å². The molecular weight excluding hydrogens is 230 g/mol. The fourth-order valence-corrected chi connectivity index (χ4v) is 2.19. The molecule has 0 radical (unpaired) electrons. The van der Waals surface area contributed by atoms with Crippen LogP contribution in [0.5, 0.6) is 5.75 Å². The van der Waals surface area contributed by atoms with Crippen molar-refractivity contribution in [2.45, 2.75) is 32.4 Å². The van der Waals surface area contributed by atoms with Crippen LogP contribution in [0.15, 0.2) is 18.2 Å². The van der Waals surface area contributed by atoms with E-state index in [1.807, 2.05) is 6.07 Å². The number of carbonyl (C=O) groups is 1. The van der Waals surface area contributed by atoms with Gasteiger partial charge in [0, 0.05) is 12.6 Å². The average Bonchev–Trinajstić information content (AvgIpc) is 3.19. The van der Waals surface area contributed by atoms with Gasteiger partial charge in [-0.1, -0.05) is 13.0 Å². The summed E-state index contributed by atoms with van der Waals surface area (Å²) in [6, 6.07) is 6.08. The molecule has 1 fully saturated rings. The zero-order valence-corrected chi connectivity index (χ0v) is 10.8. The van der Waals surface area contributed by atoms with Gasteiger partial charge in [0.25, 0.3) is 0 Å². The van der Waals surface area contributed by atoms with Gasteiger partial charge in [0.2, 0.25) is 0 Å². The molecule has 1 N–H and O–H groups in total. The Bertz CT molecular complexity index is 441. The van der Waals surface area contributed by atoms with Crippen LogP contribution in [0.3, 0.4) is 0 Å². The predicted octanol–water partition coefficient (Wildman–Crippen LogP) is 2.38. The third kappa shape index (κ3) is 2.82. The highest BCUT2D eigenvalue weighted by Crippen LogP contribution is 2.29.